The van der Waals surface area contributed by atoms with Gasteiger partial charge in [-0.1, -0.05) is 22.0 Å². The number of aromatic nitrogens is 1. The molecule has 1 heterocycles. The predicted molar refractivity (Wildman–Crippen MR) is 112 cm³/mol. The zero-order valence-electron chi connectivity index (χ0n) is 15.0. The normalized spacial score (nSPS) is 11.1. The first kappa shape index (κ1) is 18.7. The summed E-state index contributed by atoms with van der Waals surface area (Å²) < 4.78 is 2.91. The Hall–Kier alpha value is -3.10. The average Bonchev–Trinajstić information content (AvgIpc) is 3.07. The van der Waals surface area contributed by atoms with Gasteiger partial charge in [-0.25, -0.2) is 0 Å². The molecule has 0 saturated heterocycles. The second-order valence-electron chi connectivity index (χ2n) is 6.28. The van der Waals surface area contributed by atoms with Crippen LogP contribution >= 0.6 is 15.9 Å². The molecule has 3 aromatic rings. The van der Waals surface area contributed by atoms with Crippen molar-refractivity contribution in [3.63, 3.8) is 0 Å². The van der Waals surface area contributed by atoms with Gasteiger partial charge < -0.3 is 9.88 Å². The summed E-state index contributed by atoms with van der Waals surface area (Å²) in [5.74, 6) is -0.425. The van der Waals surface area contributed by atoms with Crippen LogP contribution in [0.2, 0.25) is 0 Å². The van der Waals surface area contributed by atoms with E-state index in [0.717, 1.165) is 27.0 Å². The third-order valence-electron chi connectivity index (χ3n) is 4.02. The minimum absolute atomic E-state index is 0.0474. The molecule has 134 valence electrons. The van der Waals surface area contributed by atoms with Gasteiger partial charge in [0, 0.05) is 27.7 Å². The van der Waals surface area contributed by atoms with Crippen LogP contribution in [0.15, 0.2) is 70.8 Å². The van der Waals surface area contributed by atoms with Gasteiger partial charge in [0.1, 0.15) is 11.6 Å². The molecule has 0 aliphatic heterocycles. The summed E-state index contributed by atoms with van der Waals surface area (Å²) in [6.45, 7) is 3.93. The molecule has 0 aliphatic rings. The topological polar surface area (TPSA) is 57.8 Å². The number of nitriles is 1. The van der Waals surface area contributed by atoms with Crippen molar-refractivity contribution in [1.82, 2.24) is 4.57 Å². The lowest BCUT2D eigenvalue weighted by atomic mass is 10.1. The van der Waals surface area contributed by atoms with Crippen molar-refractivity contribution in [2.75, 3.05) is 5.32 Å². The molecule has 1 amide bonds. The number of nitrogens with one attached hydrogen (secondary N) is 1. The first-order valence-corrected chi connectivity index (χ1v) is 9.20. The molecule has 0 atom stereocenters. The Labute approximate surface area is 166 Å². The summed E-state index contributed by atoms with van der Waals surface area (Å²) in [4.78, 5) is 12.6. The van der Waals surface area contributed by atoms with E-state index < -0.39 is 5.91 Å². The van der Waals surface area contributed by atoms with Crippen molar-refractivity contribution in [2.24, 2.45) is 0 Å². The number of carbonyl (C=O) groups excluding carboxylic acids is 1. The Morgan fingerprint density at radius 2 is 1.78 bits per heavy atom. The number of aryl methyl sites for hydroxylation is 2. The highest BCUT2D eigenvalue weighted by molar-refractivity contribution is 9.10. The molecule has 0 saturated carbocycles. The second kappa shape index (κ2) is 8.07. The molecule has 1 N–H and O–H groups in total. The highest BCUT2D eigenvalue weighted by Crippen LogP contribution is 2.19. The number of carbonyl (C=O) groups is 1. The van der Waals surface area contributed by atoms with E-state index in [1.807, 2.05) is 85.3 Å². The molecule has 2 aromatic carbocycles. The molecule has 0 bridgehead atoms. The van der Waals surface area contributed by atoms with Crippen LogP contribution in [0, 0.1) is 25.2 Å². The standard InChI is InChI=1S/C22H18BrN3O/c1-15-10-16(2)12-19(11-15)25-22(27)17(14-24)13-21-4-3-9-26(21)20-7-5-18(23)6-8-20/h3-13H,1-2H3,(H,25,27)/b17-13-. The van der Waals surface area contributed by atoms with Crippen molar-refractivity contribution < 1.29 is 4.79 Å². The van der Waals surface area contributed by atoms with Crippen LogP contribution in [-0.4, -0.2) is 10.5 Å². The molecular weight excluding hydrogens is 402 g/mol. The predicted octanol–water partition coefficient (Wildman–Crippen LogP) is 5.40. The van der Waals surface area contributed by atoms with E-state index in [1.165, 1.54) is 0 Å². The lowest BCUT2D eigenvalue weighted by molar-refractivity contribution is -0.112. The van der Waals surface area contributed by atoms with Gasteiger partial charge >= 0.3 is 0 Å². The van der Waals surface area contributed by atoms with Crippen LogP contribution in [0.25, 0.3) is 11.8 Å². The highest BCUT2D eigenvalue weighted by atomic mass is 79.9. The summed E-state index contributed by atoms with van der Waals surface area (Å²) >= 11 is 3.42. The first-order chi connectivity index (χ1) is 13.0. The maximum atomic E-state index is 12.6. The fourth-order valence-electron chi connectivity index (χ4n) is 2.89. The number of benzene rings is 2. The van der Waals surface area contributed by atoms with Gasteiger partial charge in [-0.2, -0.15) is 5.26 Å². The van der Waals surface area contributed by atoms with Crippen LogP contribution in [0.5, 0.6) is 0 Å². The first-order valence-electron chi connectivity index (χ1n) is 8.41. The molecule has 0 unspecified atom stereocenters. The van der Waals surface area contributed by atoms with Crippen LogP contribution in [0.3, 0.4) is 0 Å². The number of amides is 1. The van der Waals surface area contributed by atoms with Crippen molar-refractivity contribution in [1.29, 1.82) is 5.26 Å². The molecule has 27 heavy (non-hydrogen) atoms. The Morgan fingerprint density at radius 3 is 2.41 bits per heavy atom. The fourth-order valence-corrected chi connectivity index (χ4v) is 3.15. The summed E-state index contributed by atoms with van der Waals surface area (Å²) in [6.07, 6.45) is 3.49. The van der Waals surface area contributed by atoms with E-state index in [-0.39, 0.29) is 5.57 Å². The fraction of sp³-hybridized carbons (Fsp3) is 0.0909. The number of nitrogens with zero attached hydrogens (tertiary/aromatic N) is 2. The largest absolute Gasteiger partial charge is 0.321 e. The molecule has 3 rings (SSSR count). The SMILES string of the molecule is Cc1cc(C)cc(NC(=O)/C(C#N)=C\c2cccn2-c2ccc(Br)cc2)c1. The number of anilines is 1. The Balaban J connectivity index is 1.89. The zero-order valence-corrected chi connectivity index (χ0v) is 16.6. The van der Waals surface area contributed by atoms with Gasteiger partial charge in [-0.05, 0) is 79.6 Å². The van der Waals surface area contributed by atoms with Crippen molar-refractivity contribution in [3.8, 4) is 11.8 Å². The number of rotatable bonds is 4. The van der Waals surface area contributed by atoms with E-state index >= 15 is 0 Å². The van der Waals surface area contributed by atoms with Gasteiger partial charge in [0.15, 0.2) is 0 Å². The van der Waals surface area contributed by atoms with Crippen molar-refractivity contribution in [3.05, 3.63) is 87.7 Å². The Morgan fingerprint density at radius 1 is 1.11 bits per heavy atom. The third kappa shape index (κ3) is 4.55. The quantitative estimate of drug-likeness (QED) is 0.454. The lowest BCUT2D eigenvalue weighted by Crippen LogP contribution is -2.14. The smallest absolute Gasteiger partial charge is 0.266 e. The van der Waals surface area contributed by atoms with E-state index in [2.05, 4.69) is 21.2 Å². The van der Waals surface area contributed by atoms with E-state index in [4.69, 9.17) is 0 Å². The van der Waals surface area contributed by atoms with Crippen molar-refractivity contribution in [2.45, 2.75) is 13.8 Å². The lowest BCUT2D eigenvalue weighted by Gasteiger charge is -2.09. The second-order valence-corrected chi connectivity index (χ2v) is 7.20. The molecule has 0 aliphatic carbocycles. The van der Waals surface area contributed by atoms with Crippen LogP contribution in [-0.2, 0) is 4.79 Å². The maximum absolute atomic E-state index is 12.6. The molecule has 5 heteroatoms. The molecule has 0 spiro atoms. The molecule has 0 radical (unpaired) electrons. The summed E-state index contributed by atoms with van der Waals surface area (Å²) in [5.41, 5.74) is 4.54. The highest BCUT2D eigenvalue weighted by Gasteiger charge is 2.12. The minimum atomic E-state index is -0.425. The number of hydrogen-bond donors (Lipinski definition) is 1. The minimum Gasteiger partial charge on any atom is -0.321 e. The van der Waals surface area contributed by atoms with Gasteiger partial charge in [0.05, 0.1) is 0 Å². The number of halogens is 1. The van der Waals surface area contributed by atoms with Gasteiger partial charge in [-0.3, -0.25) is 4.79 Å². The maximum Gasteiger partial charge on any atom is 0.266 e. The zero-order chi connectivity index (χ0) is 19.4. The molecule has 1 aromatic heterocycles. The van der Waals surface area contributed by atoms with Gasteiger partial charge in [-0.15, -0.1) is 0 Å². The number of hydrogen-bond acceptors (Lipinski definition) is 2. The van der Waals surface area contributed by atoms with Gasteiger partial charge in [0.2, 0.25) is 0 Å². The van der Waals surface area contributed by atoms with Crippen molar-refractivity contribution >= 4 is 33.6 Å². The summed E-state index contributed by atoms with van der Waals surface area (Å²) in [6, 6.07) is 19.4. The Bertz CT molecular complexity index is 1040. The van der Waals surface area contributed by atoms with Crippen LogP contribution in [0.4, 0.5) is 5.69 Å². The summed E-state index contributed by atoms with van der Waals surface area (Å²) in [5, 5.41) is 12.3. The molecule has 0 fully saturated rings. The van der Waals surface area contributed by atoms with E-state index in [1.54, 1.807) is 6.08 Å². The molecule has 4 nitrogen and oxygen atoms in total. The molecular formula is C22H18BrN3O. The van der Waals surface area contributed by atoms with E-state index in [9.17, 15) is 10.1 Å². The average molecular weight is 420 g/mol. The van der Waals surface area contributed by atoms with Gasteiger partial charge in [0.25, 0.3) is 5.91 Å². The van der Waals surface area contributed by atoms with E-state index in [0.29, 0.717) is 5.69 Å². The third-order valence-corrected chi connectivity index (χ3v) is 4.55. The van der Waals surface area contributed by atoms with Crippen LogP contribution in [0.1, 0.15) is 16.8 Å². The monoisotopic (exact) mass is 419 g/mol. The summed E-state index contributed by atoms with van der Waals surface area (Å²) in [7, 11) is 0. The van der Waals surface area contributed by atoms with Crippen LogP contribution < -0.4 is 5.32 Å². The Kier molecular flexibility index (Phi) is 5.58.